The van der Waals surface area contributed by atoms with Gasteiger partial charge < -0.3 is 10.2 Å². The van der Waals surface area contributed by atoms with Crippen LogP contribution in [0, 0.1) is 5.82 Å². The van der Waals surface area contributed by atoms with Gasteiger partial charge in [0.05, 0.1) is 0 Å². The Morgan fingerprint density at radius 1 is 1.04 bits per heavy atom. The van der Waals surface area contributed by atoms with E-state index in [1.165, 1.54) is 38.2 Å². The summed E-state index contributed by atoms with van der Waals surface area (Å²) in [5.74, 6) is -0.192. The summed E-state index contributed by atoms with van der Waals surface area (Å²) in [5.41, 5.74) is 1.72. The van der Waals surface area contributed by atoms with Gasteiger partial charge in [-0.15, -0.1) is 0 Å². The van der Waals surface area contributed by atoms with Gasteiger partial charge in [-0.3, -0.25) is 4.98 Å². The number of pyridine rings is 1. The number of hydrogen-bond acceptors (Lipinski definition) is 2. The van der Waals surface area contributed by atoms with Crippen molar-refractivity contribution in [1.82, 2.24) is 15.2 Å². The molecule has 1 N–H and O–H groups in total. The molecular formula is C22H28FN3S. The second-order valence-electron chi connectivity index (χ2n) is 7.30. The molecule has 27 heavy (non-hydrogen) atoms. The van der Waals surface area contributed by atoms with Crippen LogP contribution >= 0.6 is 12.2 Å². The second kappa shape index (κ2) is 10.4. The molecule has 1 aliphatic carbocycles. The molecule has 0 bridgehead atoms. The lowest BCUT2D eigenvalue weighted by Crippen LogP contribution is -2.44. The van der Waals surface area contributed by atoms with Crippen molar-refractivity contribution in [3.05, 3.63) is 65.7 Å². The average molecular weight is 386 g/mol. The van der Waals surface area contributed by atoms with Gasteiger partial charge in [-0.1, -0.05) is 56.4 Å². The summed E-state index contributed by atoms with van der Waals surface area (Å²) < 4.78 is 14.2. The van der Waals surface area contributed by atoms with Crippen LogP contribution in [0.15, 0.2) is 48.8 Å². The third-order valence-electron chi connectivity index (χ3n) is 5.14. The lowest BCUT2D eigenvalue weighted by molar-refractivity contribution is 0.365. The van der Waals surface area contributed by atoms with Gasteiger partial charge >= 0.3 is 0 Å². The van der Waals surface area contributed by atoms with Crippen LogP contribution in [-0.4, -0.2) is 21.0 Å². The van der Waals surface area contributed by atoms with Gasteiger partial charge in [-0.2, -0.15) is 0 Å². The summed E-state index contributed by atoms with van der Waals surface area (Å²) in [6.45, 7) is 1.06. The maximum Gasteiger partial charge on any atom is 0.169 e. The maximum atomic E-state index is 14.2. The van der Waals surface area contributed by atoms with E-state index in [0.29, 0.717) is 29.8 Å². The number of thiocarbonyl (C=S) groups is 1. The van der Waals surface area contributed by atoms with Gasteiger partial charge in [0, 0.05) is 37.1 Å². The smallest absolute Gasteiger partial charge is 0.169 e. The molecule has 2 aromatic rings. The molecule has 0 radical (unpaired) electrons. The number of benzene rings is 1. The van der Waals surface area contributed by atoms with E-state index in [4.69, 9.17) is 12.2 Å². The van der Waals surface area contributed by atoms with Crippen molar-refractivity contribution in [2.24, 2.45) is 0 Å². The first-order valence-electron chi connectivity index (χ1n) is 9.90. The molecule has 5 heteroatoms. The monoisotopic (exact) mass is 385 g/mol. The van der Waals surface area contributed by atoms with E-state index in [0.717, 1.165) is 18.4 Å². The molecular weight excluding hydrogens is 357 g/mol. The Labute approximate surface area is 167 Å². The SMILES string of the molecule is Fc1ccccc1CN(Cc1cccnc1)C(=S)NC1CCCCCCC1. The molecule has 0 spiro atoms. The lowest BCUT2D eigenvalue weighted by Gasteiger charge is -2.30. The zero-order valence-corrected chi connectivity index (χ0v) is 16.6. The molecule has 144 valence electrons. The van der Waals surface area contributed by atoms with E-state index < -0.39 is 0 Å². The summed E-state index contributed by atoms with van der Waals surface area (Å²) >= 11 is 5.75. The minimum atomic E-state index is -0.192. The highest BCUT2D eigenvalue weighted by atomic mass is 32.1. The van der Waals surface area contributed by atoms with Crippen molar-refractivity contribution < 1.29 is 4.39 Å². The van der Waals surface area contributed by atoms with Gasteiger partial charge in [0.25, 0.3) is 0 Å². The van der Waals surface area contributed by atoms with Crippen LogP contribution in [0.2, 0.25) is 0 Å². The molecule has 3 rings (SSSR count). The summed E-state index contributed by atoms with van der Waals surface area (Å²) in [4.78, 5) is 6.24. The molecule has 1 saturated carbocycles. The molecule has 1 fully saturated rings. The fourth-order valence-corrected chi connectivity index (χ4v) is 3.91. The van der Waals surface area contributed by atoms with Crippen molar-refractivity contribution in [3.8, 4) is 0 Å². The molecule has 1 aromatic carbocycles. The second-order valence-corrected chi connectivity index (χ2v) is 7.69. The predicted molar refractivity (Wildman–Crippen MR) is 112 cm³/mol. The number of aromatic nitrogens is 1. The van der Waals surface area contributed by atoms with Crippen molar-refractivity contribution in [3.63, 3.8) is 0 Å². The fraction of sp³-hybridized carbons (Fsp3) is 0.455. The van der Waals surface area contributed by atoms with Gasteiger partial charge in [0.1, 0.15) is 5.82 Å². The zero-order chi connectivity index (χ0) is 18.9. The van der Waals surface area contributed by atoms with E-state index >= 15 is 0 Å². The number of rotatable bonds is 5. The lowest BCUT2D eigenvalue weighted by atomic mass is 9.97. The standard InChI is InChI=1S/C22H28FN3S/c23-21-13-7-6-10-19(21)17-26(16-18-9-8-14-24-15-18)22(27)25-20-11-4-2-1-3-5-12-20/h6-10,13-15,20H,1-5,11-12,16-17H2,(H,25,27). The van der Waals surface area contributed by atoms with Crippen LogP contribution in [-0.2, 0) is 13.1 Å². The van der Waals surface area contributed by atoms with Crippen molar-refractivity contribution in [2.75, 3.05) is 0 Å². The zero-order valence-electron chi connectivity index (χ0n) is 15.7. The number of nitrogens with zero attached hydrogens (tertiary/aromatic N) is 2. The van der Waals surface area contributed by atoms with Crippen LogP contribution in [0.5, 0.6) is 0 Å². The molecule has 3 nitrogen and oxygen atoms in total. The minimum Gasteiger partial charge on any atom is -0.360 e. The molecule has 1 heterocycles. The highest BCUT2D eigenvalue weighted by molar-refractivity contribution is 7.80. The van der Waals surface area contributed by atoms with Crippen LogP contribution in [0.4, 0.5) is 4.39 Å². The Morgan fingerprint density at radius 3 is 2.48 bits per heavy atom. The largest absolute Gasteiger partial charge is 0.360 e. The van der Waals surface area contributed by atoms with Gasteiger partial charge in [-0.25, -0.2) is 4.39 Å². The van der Waals surface area contributed by atoms with Crippen LogP contribution in [0.3, 0.4) is 0 Å². The van der Waals surface area contributed by atoms with Crippen LogP contribution in [0.1, 0.15) is 56.1 Å². The Kier molecular flexibility index (Phi) is 7.57. The molecule has 1 aliphatic rings. The normalized spacial score (nSPS) is 15.6. The highest BCUT2D eigenvalue weighted by Crippen LogP contribution is 2.18. The third-order valence-corrected chi connectivity index (χ3v) is 5.51. The minimum absolute atomic E-state index is 0.192. The number of hydrogen-bond donors (Lipinski definition) is 1. The summed E-state index contributed by atoms with van der Waals surface area (Å²) in [6.07, 6.45) is 12.4. The molecule has 0 atom stereocenters. The molecule has 1 aromatic heterocycles. The predicted octanol–water partition coefficient (Wildman–Crippen LogP) is 5.21. The van der Waals surface area contributed by atoms with Gasteiger partial charge in [0.2, 0.25) is 0 Å². The summed E-state index contributed by atoms with van der Waals surface area (Å²) in [7, 11) is 0. The Bertz CT molecular complexity index is 715. The quantitative estimate of drug-likeness (QED) is 0.715. The Morgan fingerprint density at radius 2 is 1.78 bits per heavy atom. The molecule has 0 unspecified atom stereocenters. The van der Waals surface area contributed by atoms with E-state index in [2.05, 4.69) is 10.3 Å². The highest BCUT2D eigenvalue weighted by Gasteiger charge is 2.18. The van der Waals surface area contributed by atoms with Crippen molar-refractivity contribution >= 4 is 17.3 Å². The molecule has 0 saturated heterocycles. The van der Waals surface area contributed by atoms with E-state index in [1.54, 1.807) is 12.3 Å². The van der Waals surface area contributed by atoms with Gasteiger partial charge in [-0.05, 0) is 42.8 Å². The first-order chi connectivity index (χ1) is 13.2. The average Bonchev–Trinajstić information content (AvgIpc) is 2.66. The van der Waals surface area contributed by atoms with Crippen LogP contribution in [0.25, 0.3) is 0 Å². The third kappa shape index (κ3) is 6.28. The number of halogens is 1. The van der Waals surface area contributed by atoms with E-state index in [1.807, 2.05) is 35.4 Å². The topological polar surface area (TPSA) is 28.2 Å². The number of nitrogens with one attached hydrogen (secondary N) is 1. The molecule has 0 amide bonds. The summed E-state index contributed by atoms with van der Waals surface area (Å²) in [6, 6.07) is 11.3. The van der Waals surface area contributed by atoms with Crippen LogP contribution < -0.4 is 5.32 Å². The van der Waals surface area contributed by atoms with E-state index in [9.17, 15) is 4.39 Å². The first-order valence-corrected chi connectivity index (χ1v) is 10.3. The van der Waals surface area contributed by atoms with Crippen molar-refractivity contribution in [2.45, 2.75) is 64.1 Å². The molecule has 0 aliphatic heterocycles. The Hall–Kier alpha value is -2.01. The van der Waals surface area contributed by atoms with E-state index in [-0.39, 0.29) is 5.82 Å². The first kappa shape index (κ1) is 19.7. The fourth-order valence-electron chi connectivity index (χ4n) is 3.61. The van der Waals surface area contributed by atoms with Gasteiger partial charge in [0.15, 0.2) is 5.11 Å². The Balaban J connectivity index is 1.71. The summed E-state index contributed by atoms with van der Waals surface area (Å²) in [5, 5.41) is 4.26. The maximum absolute atomic E-state index is 14.2. The van der Waals surface area contributed by atoms with Crippen molar-refractivity contribution in [1.29, 1.82) is 0 Å².